The van der Waals surface area contributed by atoms with E-state index >= 15 is 0 Å². The summed E-state index contributed by atoms with van der Waals surface area (Å²) >= 11 is 0. The number of amides is 1. The van der Waals surface area contributed by atoms with Crippen molar-refractivity contribution in [3.63, 3.8) is 0 Å². The molecule has 1 rings (SSSR count). The summed E-state index contributed by atoms with van der Waals surface area (Å²) in [5.41, 5.74) is 0.453. The van der Waals surface area contributed by atoms with Gasteiger partial charge in [0.2, 0.25) is 5.91 Å². The number of carbonyl (C=O) groups excluding carboxylic acids is 1. The van der Waals surface area contributed by atoms with Gasteiger partial charge < -0.3 is 19.9 Å². The molecule has 0 aromatic heterocycles. The highest BCUT2D eigenvalue weighted by molar-refractivity contribution is 5.75. The number of aliphatic hydroxyl groups is 1. The van der Waals surface area contributed by atoms with Crippen LogP contribution in [-0.2, 0) is 4.79 Å². The molecule has 8 heteroatoms. The average molecular weight is 321 g/mol. The number of alkyl halides is 3. The Morgan fingerprint density at radius 2 is 1.91 bits per heavy atom. The molecule has 0 heterocycles. The van der Waals surface area contributed by atoms with E-state index in [1.807, 2.05) is 0 Å². The summed E-state index contributed by atoms with van der Waals surface area (Å²) in [4.78, 5) is 11.3. The van der Waals surface area contributed by atoms with Gasteiger partial charge in [0.15, 0.2) is 11.5 Å². The fraction of sp³-hybridized carbons (Fsp3) is 0.500. The standard InChI is InChI=1S/C14H18F3NO4/c1-21-11-4-3-9(7-12(11)22-2)10(19)8-18-13(20)5-6-14(15,16)17/h3-4,7,10,19H,5-6,8H2,1-2H3,(H,18,20). The van der Waals surface area contributed by atoms with Crippen LogP contribution in [0.15, 0.2) is 18.2 Å². The number of hydrogen-bond acceptors (Lipinski definition) is 4. The van der Waals surface area contributed by atoms with Gasteiger partial charge in [-0.05, 0) is 17.7 Å². The molecule has 0 radical (unpaired) electrons. The van der Waals surface area contributed by atoms with Crippen LogP contribution in [0.25, 0.3) is 0 Å². The molecule has 0 aliphatic carbocycles. The van der Waals surface area contributed by atoms with Crippen molar-refractivity contribution in [2.75, 3.05) is 20.8 Å². The van der Waals surface area contributed by atoms with Crippen molar-refractivity contribution >= 4 is 5.91 Å². The van der Waals surface area contributed by atoms with E-state index in [1.54, 1.807) is 12.1 Å². The number of hydrogen-bond donors (Lipinski definition) is 2. The van der Waals surface area contributed by atoms with Gasteiger partial charge in [-0.3, -0.25) is 4.79 Å². The van der Waals surface area contributed by atoms with Gasteiger partial charge in [-0.25, -0.2) is 0 Å². The molecule has 5 nitrogen and oxygen atoms in total. The number of methoxy groups -OCH3 is 2. The molecule has 1 aromatic rings. The van der Waals surface area contributed by atoms with Gasteiger partial charge in [0.1, 0.15) is 0 Å². The Kier molecular flexibility index (Phi) is 6.48. The highest BCUT2D eigenvalue weighted by Crippen LogP contribution is 2.29. The van der Waals surface area contributed by atoms with E-state index in [1.165, 1.54) is 20.3 Å². The van der Waals surface area contributed by atoms with Gasteiger partial charge in [0.25, 0.3) is 0 Å². The minimum atomic E-state index is -4.38. The Bertz CT molecular complexity index is 505. The van der Waals surface area contributed by atoms with E-state index in [-0.39, 0.29) is 6.54 Å². The van der Waals surface area contributed by atoms with Crippen LogP contribution in [0, 0.1) is 0 Å². The van der Waals surface area contributed by atoms with Crippen LogP contribution in [0.5, 0.6) is 11.5 Å². The van der Waals surface area contributed by atoms with Crippen LogP contribution in [0.3, 0.4) is 0 Å². The quantitative estimate of drug-likeness (QED) is 0.808. The smallest absolute Gasteiger partial charge is 0.389 e. The fourth-order valence-electron chi connectivity index (χ4n) is 1.73. The Morgan fingerprint density at radius 3 is 2.45 bits per heavy atom. The van der Waals surface area contributed by atoms with Crippen molar-refractivity contribution in [3.05, 3.63) is 23.8 Å². The number of carbonyl (C=O) groups is 1. The molecular weight excluding hydrogens is 303 g/mol. The van der Waals surface area contributed by atoms with Gasteiger partial charge in [-0.2, -0.15) is 13.2 Å². The number of benzene rings is 1. The minimum Gasteiger partial charge on any atom is -0.493 e. The summed E-state index contributed by atoms with van der Waals surface area (Å²) in [7, 11) is 2.90. The predicted molar refractivity (Wildman–Crippen MR) is 72.8 cm³/mol. The van der Waals surface area contributed by atoms with Crippen LogP contribution in [0.4, 0.5) is 13.2 Å². The first-order valence-corrected chi connectivity index (χ1v) is 6.50. The van der Waals surface area contributed by atoms with Gasteiger partial charge in [-0.15, -0.1) is 0 Å². The van der Waals surface area contributed by atoms with Crippen LogP contribution in [-0.4, -0.2) is 38.0 Å². The third-order valence-electron chi connectivity index (χ3n) is 2.92. The van der Waals surface area contributed by atoms with Gasteiger partial charge in [0, 0.05) is 13.0 Å². The second-order valence-electron chi connectivity index (χ2n) is 4.55. The lowest BCUT2D eigenvalue weighted by atomic mass is 10.1. The molecule has 0 saturated heterocycles. The normalized spacial score (nSPS) is 12.6. The van der Waals surface area contributed by atoms with Crippen LogP contribution < -0.4 is 14.8 Å². The minimum absolute atomic E-state index is 0.188. The van der Waals surface area contributed by atoms with Crippen LogP contribution in [0.2, 0.25) is 0 Å². The number of nitrogens with one attached hydrogen (secondary N) is 1. The lowest BCUT2D eigenvalue weighted by molar-refractivity contribution is -0.144. The second kappa shape index (κ2) is 7.88. The molecule has 1 atom stereocenters. The molecule has 2 N–H and O–H groups in total. The van der Waals surface area contributed by atoms with E-state index in [4.69, 9.17) is 9.47 Å². The maximum absolute atomic E-state index is 12.0. The number of halogens is 3. The third kappa shape index (κ3) is 5.80. The lowest BCUT2D eigenvalue weighted by Crippen LogP contribution is -2.29. The molecule has 0 saturated carbocycles. The second-order valence-corrected chi connectivity index (χ2v) is 4.55. The zero-order valence-electron chi connectivity index (χ0n) is 12.2. The van der Waals surface area contributed by atoms with Crippen molar-refractivity contribution in [1.82, 2.24) is 5.32 Å². The van der Waals surface area contributed by atoms with Crippen LogP contribution >= 0.6 is 0 Å². The summed E-state index contributed by atoms with van der Waals surface area (Å²) in [6.45, 7) is -0.188. The molecule has 124 valence electrons. The summed E-state index contributed by atoms with van der Waals surface area (Å²) < 4.78 is 46.1. The number of aliphatic hydroxyl groups excluding tert-OH is 1. The monoisotopic (exact) mass is 321 g/mol. The first-order chi connectivity index (χ1) is 10.3. The molecule has 0 aliphatic heterocycles. The average Bonchev–Trinajstić information content (AvgIpc) is 2.49. The highest BCUT2D eigenvalue weighted by Gasteiger charge is 2.27. The molecule has 1 aromatic carbocycles. The molecule has 0 bridgehead atoms. The van der Waals surface area contributed by atoms with E-state index < -0.39 is 31.0 Å². The molecule has 22 heavy (non-hydrogen) atoms. The summed E-state index contributed by atoms with van der Waals surface area (Å²) in [5.74, 6) is 0.118. The first-order valence-electron chi connectivity index (χ1n) is 6.50. The topological polar surface area (TPSA) is 67.8 Å². The zero-order chi connectivity index (χ0) is 16.8. The van der Waals surface area contributed by atoms with E-state index in [2.05, 4.69) is 5.32 Å². The molecule has 1 amide bonds. The molecular formula is C14H18F3NO4. The Hall–Kier alpha value is -1.96. The Labute approximate surface area is 126 Å². The van der Waals surface area contributed by atoms with Crippen molar-refractivity contribution in [3.8, 4) is 11.5 Å². The van der Waals surface area contributed by atoms with Crippen molar-refractivity contribution in [1.29, 1.82) is 0 Å². The molecule has 0 spiro atoms. The molecule has 1 unspecified atom stereocenters. The number of rotatable bonds is 7. The largest absolute Gasteiger partial charge is 0.493 e. The highest BCUT2D eigenvalue weighted by atomic mass is 19.4. The maximum Gasteiger partial charge on any atom is 0.389 e. The number of ether oxygens (including phenoxy) is 2. The van der Waals surface area contributed by atoms with Crippen LogP contribution in [0.1, 0.15) is 24.5 Å². The fourth-order valence-corrected chi connectivity index (χ4v) is 1.73. The summed E-state index contributed by atoms with van der Waals surface area (Å²) in [6.07, 6.45) is -7.29. The van der Waals surface area contributed by atoms with Crippen molar-refractivity contribution < 1.29 is 32.5 Å². The summed E-state index contributed by atoms with van der Waals surface area (Å²) in [6, 6.07) is 4.70. The SMILES string of the molecule is COc1ccc(C(O)CNC(=O)CCC(F)(F)F)cc1OC. The van der Waals surface area contributed by atoms with Crippen molar-refractivity contribution in [2.24, 2.45) is 0 Å². The van der Waals surface area contributed by atoms with E-state index in [9.17, 15) is 23.1 Å². The molecule has 0 aliphatic rings. The predicted octanol–water partition coefficient (Wildman–Crippen LogP) is 2.20. The molecule has 0 fully saturated rings. The van der Waals surface area contributed by atoms with Gasteiger partial charge in [-0.1, -0.05) is 6.07 Å². The summed E-state index contributed by atoms with van der Waals surface area (Å²) in [5, 5.41) is 12.2. The zero-order valence-corrected chi connectivity index (χ0v) is 12.2. The third-order valence-corrected chi connectivity index (χ3v) is 2.92. The van der Waals surface area contributed by atoms with Gasteiger partial charge in [0.05, 0.1) is 26.7 Å². The van der Waals surface area contributed by atoms with E-state index in [0.29, 0.717) is 17.1 Å². The lowest BCUT2D eigenvalue weighted by Gasteiger charge is -2.15. The maximum atomic E-state index is 12.0. The first kappa shape index (κ1) is 18.1. The van der Waals surface area contributed by atoms with Gasteiger partial charge >= 0.3 is 6.18 Å². The van der Waals surface area contributed by atoms with E-state index in [0.717, 1.165) is 0 Å². The Morgan fingerprint density at radius 1 is 1.27 bits per heavy atom. The van der Waals surface area contributed by atoms with Crippen molar-refractivity contribution in [2.45, 2.75) is 25.1 Å². The Balaban J connectivity index is 2.55.